The molecular weight excluding hydrogens is 258 g/mol. The summed E-state index contributed by atoms with van der Waals surface area (Å²) >= 11 is 1.69. The van der Waals surface area contributed by atoms with Gasteiger partial charge >= 0.3 is 0 Å². The highest BCUT2D eigenvalue weighted by Gasteiger charge is 2.26. The van der Waals surface area contributed by atoms with Crippen LogP contribution in [0.4, 0.5) is 0 Å². The van der Waals surface area contributed by atoms with Gasteiger partial charge in [0.05, 0.1) is 18.3 Å². The summed E-state index contributed by atoms with van der Waals surface area (Å²) in [7, 11) is 0. The Morgan fingerprint density at radius 2 is 2.16 bits per heavy atom. The van der Waals surface area contributed by atoms with Crippen LogP contribution in [0, 0.1) is 20.8 Å². The molecule has 2 aromatic rings. The average molecular weight is 277 g/mol. The third-order valence-electron chi connectivity index (χ3n) is 3.56. The van der Waals surface area contributed by atoms with Gasteiger partial charge in [-0.05, 0) is 33.3 Å². The topological polar surface area (TPSA) is 46.8 Å². The molecule has 0 radical (unpaired) electrons. The molecule has 1 saturated heterocycles. The molecule has 0 unspecified atom stereocenters. The zero-order valence-corrected chi connectivity index (χ0v) is 12.4. The van der Waals surface area contributed by atoms with Crippen molar-refractivity contribution in [3.05, 3.63) is 27.5 Å². The zero-order chi connectivity index (χ0) is 13.4. The van der Waals surface area contributed by atoms with E-state index >= 15 is 0 Å². The maximum Gasteiger partial charge on any atom is 0.131 e. The molecule has 1 aliphatic heterocycles. The van der Waals surface area contributed by atoms with Crippen molar-refractivity contribution < 1.29 is 0 Å². The first-order valence-corrected chi connectivity index (χ1v) is 7.47. The summed E-state index contributed by atoms with van der Waals surface area (Å²) in [5.41, 5.74) is 2.37. The molecule has 0 spiro atoms. The van der Waals surface area contributed by atoms with Gasteiger partial charge in [0.25, 0.3) is 0 Å². The van der Waals surface area contributed by atoms with Crippen molar-refractivity contribution >= 4 is 11.3 Å². The van der Waals surface area contributed by atoms with Crippen molar-refractivity contribution in [1.29, 1.82) is 0 Å². The third kappa shape index (κ3) is 2.69. The van der Waals surface area contributed by atoms with Crippen LogP contribution < -0.4 is 0 Å². The minimum absolute atomic E-state index is 0.503. The molecule has 1 aliphatic rings. The lowest BCUT2D eigenvalue weighted by Crippen LogP contribution is -2.22. The van der Waals surface area contributed by atoms with Gasteiger partial charge in [0.15, 0.2) is 0 Å². The molecule has 0 amide bonds. The summed E-state index contributed by atoms with van der Waals surface area (Å²) in [6.07, 6.45) is 1.17. The van der Waals surface area contributed by atoms with Crippen molar-refractivity contribution in [2.75, 3.05) is 13.1 Å². The SMILES string of the molecule is Cc1cc(C)n([C@H]2CCN(Cc3nnc(C)s3)C2)n1. The van der Waals surface area contributed by atoms with Crippen LogP contribution in [-0.2, 0) is 6.54 Å². The molecule has 0 aliphatic carbocycles. The molecule has 0 aromatic carbocycles. The Morgan fingerprint density at radius 1 is 1.32 bits per heavy atom. The number of rotatable bonds is 3. The van der Waals surface area contributed by atoms with E-state index in [2.05, 4.69) is 44.8 Å². The molecule has 0 bridgehead atoms. The fourth-order valence-corrected chi connectivity index (χ4v) is 3.52. The molecule has 2 aromatic heterocycles. The minimum atomic E-state index is 0.503. The maximum absolute atomic E-state index is 4.60. The highest BCUT2D eigenvalue weighted by atomic mass is 32.1. The first kappa shape index (κ1) is 12.7. The Labute approximate surface area is 117 Å². The average Bonchev–Trinajstić information content (AvgIpc) is 3.02. The number of aromatic nitrogens is 4. The number of likely N-dealkylation sites (tertiary alicyclic amines) is 1. The van der Waals surface area contributed by atoms with E-state index in [-0.39, 0.29) is 0 Å². The third-order valence-corrected chi connectivity index (χ3v) is 4.39. The Bertz CT molecular complexity index is 573. The predicted molar refractivity (Wildman–Crippen MR) is 75.3 cm³/mol. The smallest absolute Gasteiger partial charge is 0.131 e. The summed E-state index contributed by atoms with van der Waals surface area (Å²) in [5, 5.41) is 15.0. The summed E-state index contributed by atoms with van der Waals surface area (Å²) in [6, 6.07) is 2.65. The first-order chi connectivity index (χ1) is 9.11. The molecule has 1 atom stereocenters. The number of aryl methyl sites for hydroxylation is 3. The van der Waals surface area contributed by atoms with Gasteiger partial charge in [0, 0.05) is 18.8 Å². The minimum Gasteiger partial charge on any atom is -0.294 e. The quantitative estimate of drug-likeness (QED) is 0.862. The molecule has 19 heavy (non-hydrogen) atoms. The maximum atomic E-state index is 4.60. The summed E-state index contributed by atoms with van der Waals surface area (Å²) in [6.45, 7) is 9.28. The van der Waals surface area contributed by atoms with E-state index in [0.29, 0.717) is 6.04 Å². The molecule has 0 N–H and O–H groups in total. The zero-order valence-electron chi connectivity index (χ0n) is 11.6. The van der Waals surface area contributed by atoms with Gasteiger partial charge in [-0.1, -0.05) is 0 Å². The molecule has 6 heteroatoms. The van der Waals surface area contributed by atoms with Crippen LogP contribution in [0.5, 0.6) is 0 Å². The van der Waals surface area contributed by atoms with E-state index in [9.17, 15) is 0 Å². The predicted octanol–water partition coefficient (Wildman–Crippen LogP) is 2.11. The molecular formula is C13H19N5S. The van der Waals surface area contributed by atoms with Gasteiger partial charge in [-0.2, -0.15) is 5.10 Å². The molecule has 1 fully saturated rings. The lowest BCUT2D eigenvalue weighted by Gasteiger charge is -2.15. The first-order valence-electron chi connectivity index (χ1n) is 6.66. The highest BCUT2D eigenvalue weighted by molar-refractivity contribution is 7.11. The van der Waals surface area contributed by atoms with Gasteiger partial charge in [0.1, 0.15) is 10.0 Å². The summed E-state index contributed by atoms with van der Waals surface area (Å²) < 4.78 is 2.18. The normalized spacial score (nSPS) is 20.3. The Morgan fingerprint density at radius 3 is 2.79 bits per heavy atom. The van der Waals surface area contributed by atoms with Crippen molar-refractivity contribution in [1.82, 2.24) is 24.9 Å². The summed E-state index contributed by atoms with van der Waals surface area (Å²) in [5.74, 6) is 0. The molecule has 0 saturated carbocycles. The van der Waals surface area contributed by atoms with Crippen molar-refractivity contribution in [3.8, 4) is 0 Å². The van der Waals surface area contributed by atoms with Crippen LogP contribution in [0.2, 0.25) is 0 Å². The fraction of sp³-hybridized carbons (Fsp3) is 0.615. The largest absolute Gasteiger partial charge is 0.294 e. The molecule has 3 rings (SSSR count). The Balaban J connectivity index is 1.65. The van der Waals surface area contributed by atoms with E-state index in [1.54, 1.807) is 11.3 Å². The summed E-state index contributed by atoms with van der Waals surface area (Å²) in [4.78, 5) is 2.45. The molecule has 102 valence electrons. The van der Waals surface area contributed by atoms with Gasteiger partial charge in [-0.15, -0.1) is 21.5 Å². The second-order valence-corrected chi connectivity index (χ2v) is 6.53. The molecule has 5 nitrogen and oxygen atoms in total. The van der Waals surface area contributed by atoms with Crippen LogP contribution in [0.1, 0.15) is 33.9 Å². The second-order valence-electron chi connectivity index (χ2n) is 5.26. The highest BCUT2D eigenvalue weighted by Crippen LogP contribution is 2.24. The van der Waals surface area contributed by atoms with Gasteiger partial charge in [-0.3, -0.25) is 9.58 Å². The van der Waals surface area contributed by atoms with Crippen LogP contribution >= 0.6 is 11.3 Å². The lowest BCUT2D eigenvalue weighted by atomic mass is 10.2. The second kappa shape index (κ2) is 5.02. The van der Waals surface area contributed by atoms with Gasteiger partial charge in [-0.25, -0.2) is 0 Å². The monoisotopic (exact) mass is 277 g/mol. The van der Waals surface area contributed by atoms with Crippen molar-refractivity contribution in [3.63, 3.8) is 0 Å². The fourth-order valence-electron chi connectivity index (χ4n) is 2.76. The van der Waals surface area contributed by atoms with Crippen LogP contribution in [0.25, 0.3) is 0 Å². The van der Waals surface area contributed by atoms with Gasteiger partial charge < -0.3 is 0 Å². The van der Waals surface area contributed by atoms with E-state index in [1.807, 2.05) is 6.92 Å². The molecule has 3 heterocycles. The van der Waals surface area contributed by atoms with Crippen molar-refractivity contribution in [2.45, 2.75) is 39.8 Å². The number of hydrogen-bond acceptors (Lipinski definition) is 5. The van der Waals surface area contributed by atoms with E-state index in [4.69, 9.17) is 0 Å². The van der Waals surface area contributed by atoms with Crippen LogP contribution in [0.15, 0.2) is 6.07 Å². The van der Waals surface area contributed by atoms with Crippen molar-refractivity contribution in [2.24, 2.45) is 0 Å². The van der Waals surface area contributed by atoms with Crippen LogP contribution in [-0.4, -0.2) is 38.0 Å². The Kier molecular flexibility index (Phi) is 3.36. The standard InChI is InChI=1S/C13H19N5S/c1-9-6-10(2)18(16-9)12-4-5-17(7-12)8-13-15-14-11(3)19-13/h6,12H,4-5,7-8H2,1-3H3/t12-/m0/s1. The van der Waals surface area contributed by atoms with E-state index < -0.39 is 0 Å². The lowest BCUT2D eigenvalue weighted by molar-refractivity contribution is 0.309. The van der Waals surface area contributed by atoms with E-state index in [0.717, 1.165) is 35.3 Å². The van der Waals surface area contributed by atoms with E-state index in [1.165, 1.54) is 12.1 Å². The Hall–Kier alpha value is -1.27. The van der Waals surface area contributed by atoms with Crippen LogP contribution in [0.3, 0.4) is 0 Å². The number of nitrogens with zero attached hydrogens (tertiary/aromatic N) is 5. The van der Waals surface area contributed by atoms with Gasteiger partial charge in [0.2, 0.25) is 0 Å². The number of hydrogen-bond donors (Lipinski definition) is 0.